The van der Waals surface area contributed by atoms with Crippen LogP contribution in [-0.4, -0.2) is 43.0 Å². The number of rotatable bonds is 11. The number of amides is 2. The van der Waals surface area contributed by atoms with Gasteiger partial charge in [-0.3, -0.25) is 9.59 Å². The summed E-state index contributed by atoms with van der Waals surface area (Å²) in [6.07, 6.45) is 0.322. The summed E-state index contributed by atoms with van der Waals surface area (Å²) in [7, 11) is 1.57. The number of hydrogen-bond acceptors (Lipinski definition) is 4. The normalized spacial score (nSPS) is 11.4. The molecular weight excluding hydrogens is 487 g/mol. The molecule has 0 bridgehead atoms. The van der Waals surface area contributed by atoms with Gasteiger partial charge < -0.3 is 19.7 Å². The van der Waals surface area contributed by atoms with Crippen LogP contribution >= 0.6 is 23.2 Å². The number of likely N-dealkylation sites (N-methyl/N-ethyl adjacent to an activating group) is 1. The first-order valence-electron chi connectivity index (χ1n) is 11.2. The van der Waals surface area contributed by atoms with Crippen molar-refractivity contribution in [2.75, 3.05) is 20.3 Å². The lowest BCUT2D eigenvalue weighted by atomic mass is 10.0. The van der Waals surface area contributed by atoms with E-state index in [-0.39, 0.29) is 25.0 Å². The molecule has 0 aromatic heterocycles. The molecule has 184 valence electrons. The number of carbonyl (C=O) groups is 2. The average Bonchev–Trinajstić information content (AvgIpc) is 2.87. The maximum absolute atomic E-state index is 13.5. The molecule has 35 heavy (non-hydrogen) atoms. The van der Waals surface area contributed by atoms with Crippen LogP contribution in [0.5, 0.6) is 11.5 Å². The van der Waals surface area contributed by atoms with Gasteiger partial charge in [-0.1, -0.05) is 59.6 Å². The van der Waals surface area contributed by atoms with Crippen molar-refractivity contribution in [3.05, 3.63) is 94.0 Å². The molecule has 0 fully saturated rings. The van der Waals surface area contributed by atoms with E-state index in [0.717, 1.165) is 5.56 Å². The van der Waals surface area contributed by atoms with Crippen LogP contribution in [-0.2, 0) is 22.6 Å². The molecule has 0 aliphatic rings. The van der Waals surface area contributed by atoms with E-state index < -0.39 is 6.04 Å². The van der Waals surface area contributed by atoms with E-state index >= 15 is 0 Å². The standard InChI is InChI=1S/C27H28Cl2N2O4/c1-3-30-27(33)25(16-19-8-5-4-6-9-19)31(17-22-23(28)10-7-11-24(22)29)26(32)18-35-21-14-12-20(34-2)13-15-21/h4-15,25H,3,16-18H2,1-2H3,(H,30,33)/t25-/m0/s1. The number of methoxy groups -OCH3 is 1. The third-order valence-electron chi connectivity index (χ3n) is 5.43. The molecule has 1 N–H and O–H groups in total. The van der Waals surface area contributed by atoms with E-state index in [1.165, 1.54) is 4.90 Å². The molecule has 0 spiro atoms. The Morgan fingerprint density at radius 3 is 2.14 bits per heavy atom. The molecule has 0 aliphatic carbocycles. The van der Waals surface area contributed by atoms with Crippen LogP contribution in [0.2, 0.25) is 10.0 Å². The lowest BCUT2D eigenvalue weighted by Crippen LogP contribution is -2.51. The Balaban J connectivity index is 1.91. The predicted molar refractivity (Wildman–Crippen MR) is 138 cm³/mol. The fourth-order valence-corrected chi connectivity index (χ4v) is 4.12. The Morgan fingerprint density at radius 2 is 1.54 bits per heavy atom. The highest BCUT2D eigenvalue weighted by atomic mass is 35.5. The van der Waals surface area contributed by atoms with Gasteiger partial charge in [-0.15, -0.1) is 0 Å². The van der Waals surface area contributed by atoms with Gasteiger partial charge in [0.05, 0.1) is 7.11 Å². The lowest BCUT2D eigenvalue weighted by molar-refractivity contribution is -0.142. The molecule has 3 rings (SSSR count). The Morgan fingerprint density at radius 1 is 0.914 bits per heavy atom. The van der Waals surface area contributed by atoms with Crippen molar-refractivity contribution in [2.24, 2.45) is 0 Å². The number of hydrogen-bond donors (Lipinski definition) is 1. The molecule has 0 heterocycles. The minimum Gasteiger partial charge on any atom is -0.497 e. The van der Waals surface area contributed by atoms with Gasteiger partial charge in [-0.05, 0) is 48.9 Å². The summed E-state index contributed by atoms with van der Waals surface area (Å²) in [6, 6.07) is 20.8. The zero-order chi connectivity index (χ0) is 25.2. The first kappa shape index (κ1) is 26.4. The van der Waals surface area contributed by atoms with E-state index in [4.69, 9.17) is 32.7 Å². The minimum atomic E-state index is -0.795. The molecule has 8 heteroatoms. The van der Waals surface area contributed by atoms with Crippen molar-refractivity contribution in [3.8, 4) is 11.5 Å². The maximum Gasteiger partial charge on any atom is 0.261 e. The van der Waals surface area contributed by atoms with Crippen molar-refractivity contribution in [1.82, 2.24) is 10.2 Å². The molecule has 0 radical (unpaired) electrons. The van der Waals surface area contributed by atoms with Gasteiger partial charge in [0.15, 0.2) is 6.61 Å². The van der Waals surface area contributed by atoms with Gasteiger partial charge >= 0.3 is 0 Å². The molecular formula is C27H28Cl2N2O4. The summed E-state index contributed by atoms with van der Waals surface area (Å²) in [5, 5.41) is 3.68. The molecule has 3 aromatic carbocycles. The van der Waals surface area contributed by atoms with E-state index in [0.29, 0.717) is 40.1 Å². The van der Waals surface area contributed by atoms with Crippen LogP contribution in [0.1, 0.15) is 18.1 Å². The molecule has 2 amide bonds. The highest BCUT2D eigenvalue weighted by Crippen LogP contribution is 2.27. The highest BCUT2D eigenvalue weighted by Gasteiger charge is 2.31. The number of carbonyl (C=O) groups excluding carboxylic acids is 2. The fraction of sp³-hybridized carbons (Fsp3) is 0.259. The van der Waals surface area contributed by atoms with E-state index in [2.05, 4.69) is 5.32 Å². The molecule has 0 aliphatic heterocycles. The quantitative estimate of drug-likeness (QED) is 0.383. The molecule has 0 saturated heterocycles. The van der Waals surface area contributed by atoms with Crippen LogP contribution in [0.15, 0.2) is 72.8 Å². The first-order chi connectivity index (χ1) is 16.9. The van der Waals surface area contributed by atoms with Gasteiger partial charge in [0.1, 0.15) is 17.5 Å². The summed E-state index contributed by atoms with van der Waals surface area (Å²) in [5.41, 5.74) is 1.49. The smallest absolute Gasteiger partial charge is 0.261 e. The first-order valence-corrected chi connectivity index (χ1v) is 12.0. The summed E-state index contributed by atoms with van der Waals surface area (Å²) >= 11 is 12.8. The number of benzene rings is 3. The van der Waals surface area contributed by atoms with Crippen LogP contribution in [0.3, 0.4) is 0 Å². The van der Waals surface area contributed by atoms with E-state index in [1.807, 2.05) is 37.3 Å². The third-order valence-corrected chi connectivity index (χ3v) is 6.14. The largest absolute Gasteiger partial charge is 0.497 e. The van der Waals surface area contributed by atoms with Gasteiger partial charge in [0.25, 0.3) is 5.91 Å². The summed E-state index contributed by atoms with van der Waals surface area (Å²) < 4.78 is 10.9. The zero-order valence-electron chi connectivity index (χ0n) is 19.7. The van der Waals surface area contributed by atoms with Crippen molar-refractivity contribution in [2.45, 2.75) is 25.9 Å². The molecule has 1 atom stereocenters. The number of halogens is 2. The van der Waals surface area contributed by atoms with Gasteiger partial charge in [0.2, 0.25) is 5.91 Å². The van der Waals surface area contributed by atoms with E-state index in [9.17, 15) is 9.59 Å². The summed E-state index contributed by atoms with van der Waals surface area (Å²) in [6.45, 7) is 2.06. The molecule has 6 nitrogen and oxygen atoms in total. The number of nitrogens with one attached hydrogen (secondary N) is 1. The van der Waals surface area contributed by atoms with Crippen molar-refractivity contribution in [1.29, 1.82) is 0 Å². The second-order valence-electron chi connectivity index (χ2n) is 7.79. The van der Waals surface area contributed by atoms with Crippen molar-refractivity contribution in [3.63, 3.8) is 0 Å². The Labute approximate surface area is 215 Å². The number of nitrogens with zero attached hydrogens (tertiary/aromatic N) is 1. The Kier molecular flexibility index (Phi) is 9.82. The SMILES string of the molecule is CCNC(=O)[C@H](Cc1ccccc1)N(Cc1c(Cl)cccc1Cl)C(=O)COc1ccc(OC)cc1. The lowest BCUT2D eigenvalue weighted by Gasteiger charge is -2.32. The van der Waals surface area contributed by atoms with Gasteiger partial charge in [-0.25, -0.2) is 0 Å². The van der Waals surface area contributed by atoms with Crippen molar-refractivity contribution >= 4 is 35.0 Å². The zero-order valence-corrected chi connectivity index (χ0v) is 21.2. The Hall–Kier alpha value is -3.22. The van der Waals surface area contributed by atoms with Crippen LogP contribution < -0.4 is 14.8 Å². The second kappa shape index (κ2) is 13.0. The van der Waals surface area contributed by atoms with Crippen LogP contribution in [0, 0.1) is 0 Å². The maximum atomic E-state index is 13.5. The molecule has 3 aromatic rings. The Bertz CT molecular complexity index is 1100. The van der Waals surface area contributed by atoms with Gasteiger partial charge in [-0.2, -0.15) is 0 Å². The number of ether oxygens (including phenoxy) is 2. The average molecular weight is 515 g/mol. The fourth-order valence-electron chi connectivity index (χ4n) is 3.60. The van der Waals surface area contributed by atoms with Crippen LogP contribution in [0.25, 0.3) is 0 Å². The van der Waals surface area contributed by atoms with Gasteiger partial charge in [0, 0.05) is 35.1 Å². The van der Waals surface area contributed by atoms with E-state index in [1.54, 1.807) is 49.6 Å². The predicted octanol–water partition coefficient (Wildman–Crippen LogP) is 5.16. The summed E-state index contributed by atoms with van der Waals surface area (Å²) in [4.78, 5) is 28.2. The molecule has 0 saturated carbocycles. The summed E-state index contributed by atoms with van der Waals surface area (Å²) in [5.74, 6) is 0.548. The minimum absolute atomic E-state index is 0.0535. The van der Waals surface area contributed by atoms with Crippen molar-refractivity contribution < 1.29 is 19.1 Å². The topological polar surface area (TPSA) is 67.9 Å². The highest BCUT2D eigenvalue weighted by molar-refractivity contribution is 6.36. The second-order valence-corrected chi connectivity index (χ2v) is 8.60. The third kappa shape index (κ3) is 7.38. The van der Waals surface area contributed by atoms with Crippen LogP contribution in [0.4, 0.5) is 0 Å². The molecule has 0 unspecified atom stereocenters. The monoisotopic (exact) mass is 514 g/mol.